The lowest BCUT2D eigenvalue weighted by Gasteiger charge is -2.21. The number of unbranched alkanes of at least 4 members (excludes halogenated alkanes) is 13. The highest BCUT2D eigenvalue weighted by Crippen LogP contribution is 2.12. The molecule has 0 bridgehead atoms. The Kier molecular flexibility index (Phi) is 21.8. The summed E-state index contributed by atoms with van der Waals surface area (Å²) in [5, 5.41) is 3.21. The molecule has 152 valence electrons. The van der Waals surface area contributed by atoms with Crippen LogP contribution in [0.3, 0.4) is 0 Å². The molecule has 3 heteroatoms. The fourth-order valence-electron chi connectivity index (χ4n) is 3.15. The number of likely N-dealkylation sites (N-methyl/N-ethyl adjacent to an activating group) is 1. The van der Waals surface area contributed by atoms with E-state index in [1.54, 1.807) is 0 Å². The van der Waals surface area contributed by atoms with Crippen LogP contribution in [0.1, 0.15) is 96.8 Å². The van der Waals surface area contributed by atoms with E-state index in [0.717, 1.165) is 26.3 Å². The van der Waals surface area contributed by atoms with Crippen molar-refractivity contribution in [3.05, 3.63) is 0 Å². The summed E-state index contributed by atoms with van der Waals surface area (Å²) in [6.07, 6.45) is 20.3. The van der Waals surface area contributed by atoms with Gasteiger partial charge in [-0.1, -0.05) is 90.4 Å². The van der Waals surface area contributed by atoms with Gasteiger partial charge in [-0.15, -0.1) is 0 Å². The highest BCUT2D eigenvalue weighted by atomic mass is 16.5. The van der Waals surface area contributed by atoms with Crippen LogP contribution in [-0.2, 0) is 4.74 Å². The van der Waals surface area contributed by atoms with Gasteiger partial charge in [-0.3, -0.25) is 0 Å². The van der Waals surface area contributed by atoms with E-state index in [0.29, 0.717) is 0 Å². The van der Waals surface area contributed by atoms with Crippen molar-refractivity contribution in [1.29, 1.82) is 0 Å². The summed E-state index contributed by atoms with van der Waals surface area (Å²) < 4.78 is 5.10. The molecule has 0 spiro atoms. The highest BCUT2D eigenvalue weighted by Gasteiger charge is 2.02. The predicted octanol–water partition coefficient (Wildman–Crippen LogP) is 5.64. The Morgan fingerprint density at radius 3 is 1.40 bits per heavy atom. The summed E-state index contributed by atoms with van der Waals surface area (Å²) in [7, 11) is 4.16. The van der Waals surface area contributed by atoms with Crippen molar-refractivity contribution in [2.75, 3.05) is 46.9 Å². The van der Waals surface area contributed by atoms with Crippen LogP contribution < -0.4 is 5.32 Å². The summed E-state index contributed by atoms with van der Waals surface area (Å²) >= 11 is 0. The van der Waals surface area contributed by atoms with E-state index in [2.05, 4.69) is 24.2 Å². The molecule has 1 heterocycles. The first-order valence-corrected chi connectivity index (χ1v) is 11.2. The maximum atomic E-state index is 5.10. The molecule has 0 aromatic rings. The van der Waals surface area contributed by atoms with E-state index >= 15 is 0 Å². The minimum atomic E-state index is 0.913. The topological polar surface area (TPSA) is 24.5 Å². The number of rotatable bonds is 15. The lowest BCUT2D eigenvalue weighted by atomic mass is 10.0. The van der Waals surface area contributed by atoms with Gasteiger partial charge in [0, 0.05) is 13.1 Å². The lowest BCUT2D eigenvalue weighted by molar-refractivity contribution is 0.0503. The zero-order valence-corrected chi connectivity index (χ0v) is 17.8. The molecule has 1 N–H and O–H groups in total. The third-order valence-electron chi connectivity index (χ3n) is 5.02. The van der Waals surface area contributed by atoms with Crippen molar-refractivity contribution >= 4 is 0 Å². The van der Waals surface area contributed by atoms with Crippen LogP contribution in [0.2, 0.25) is 0 Å². The fraction of sp³-hybridized carbons (Fsp3) is 1.00. The molecule has 0 radical (unpaired) electrons. The molecule has 0 saturated carbocycles. The first-order chi connectivity index (χ1) is 12.3. The number of ether oxygens (including phenoxy) is 1. The number of nitrogens with zero attached hydrogens (tertiary/aromatic N) is 1. The van der Waals surface area contributed by atoms with E-state index in [1.807, 2.05) is 7.05 Å². The van der Waals surface area contributed by atoms with Gasteiger partial charge in [-0.05, 0) is 27.1 Å². The maximum absolute atomic E-state index is 5.10. The molecule has 0 amide bonds. The van der Waals surface area contributed by atoms with Crippen molar-refractivity contribution < 1.29 is 4.74 Å². The number of hydrogen-bond donors (Lipinski definition) is 1. The molecular formula is C22H48N2O. The maximum Gasteiger partial charge on any atom is 0.0594 e. The molecule has 0 aromatic carbocycles. The van der Waals surface area contributed by atoms with Crippen LogP contribution in [0.15, 0.2) is 0 Å². The van der Waals surface area contributed by atoms with Gasteiger partial charge in [0.15, 0.2) is 0 Å². The van der Waals surface area contributed by atoms with Gasteiger partial charge in [0.25, 0.3) is 0 Å². The Labute approximate surface area is 159 Å². The van der Waals surface area contributed by atoms with Crippen LogP contribution in [0, 0.1) is 0 Å². The smallest absolute Gasteiger partial charge is 0.0594 e. The Morgan fingerprint density at radius 2 is 1.08 bits per heavy atom. The van der Waals surface area contributed by atoms with E-state index in [9.17, 15) is 0 Å². The molecule has 0 atom stereocenters. The van der Waals surface area contributed by atoms with E-state index < -0.39 is 0 Å². The van der Waals surface area contributed by atoms with Gasteiger partial charge < -0.3 is 15.0 Å². The van der Waals surface area contributed by atoms with Crippen LogP contribution in [0.25, 0.3) is 0 Å². The number of morpholine rings is 1. The van der Waals surface area contributed by atoms with Crippen LogP contribution >= 0.6 is 0 Å². The van der Waals surface area contributed by atoms with E-state index in [-0.39, 0.29) is 0 Å². The fourth-order valence-corrected chi connectivity index (χ4v) is 3.15. The zero-order valence-electron chi connectivity index (χ0n) is 17.8. The quantitative estimate of drug-likeness (QED) is 0.385. The molecule has 1 aliphatic rings. The van der Waals surface area contributed by atoms with Gasteiger partial charge in [0.2, 0.25) is 0 Å². The highest BCUT2D eigenvalue weighted by molar-refractivity contribution is 4.54. The minimum absolute atomic E-state index is 0.913. The monoisotopic (exact) mass is 356 g/mol. The van der Waals surface area contributed by atoms with Gasteiger partial charge in [-0.2, -0.15) is 0 Å². The molecule has 0 unspecified atom stereocenters. The van der Waals surface area contributed by atoms with Crippen LogP contribution in [0.4, 0.5) is 0 Å². The third-order valence-corrected chi connectivity index (χ3v) is 5.02. The summed E-state index contributed by atoms with van der Waals surface area (Å²) in [5.74, 6) is 0. The molecule has 3 nitrogen and oxygen atoms in total. The first-order valence-electron chi connectivity index (χ1n) is 11.2. The van der Waals surface area contributed by atoms with Crippen LogP contribution in [-0.4, -0.2) is 51.8 Å². The molecule has 25 heavy (non-hydrogen) atoms. The van der Waals surface area contributed by atoms with Crippen molar-refractivity contribution in [3.8, 4) is 0 Å². The first kappa shape index (κ1) is 24.9. The number of nitrogens with one attached hydrogen (secondary N) is 1. The summed E-state index contributed by atoms with van der Waals surface area (Å²) in [4.78, 5) is 2.27. The Hall–Kier alpha value is -0.120. The van der Waals surface area contributed by atoms with Gasteiger partial charge >= 0.3 is 0 Å². The standard InChI is InChI=1S/C17H37N.C5H11NO/c1-3-4-5-6-7-8-9-10-11-12-13-14-15-16-17-18-2;1-6-2-4-7-5-3-6/h18H,3-17H2,1-2H3;2-5H2,1H3. The molecular weight excluding hydrogens is 308 g/mol. The molecule has 1 saturated heterocycles. The van der Waals surface area contributed by atoms with Crippen molar-refractivity contribution in [2.45, 2.75) is 96.8 Å². The van der Waals surface area contributed by atoms with Crippen LogP contribution in [0.5, 0.6) is 0 Å². The third kappa shape index (κ3) is 21.8. The minimum Gasteiger partial charge on any atom is -0.379 e. The second-order valence-corrected chi connectivity index (χ2v) is 7.62. The molecule has 1 aliphatic heterocycles. The van der Waals surface area contributed by atoms with Crippen molar-refractivity contribution in [1.82, 2.24) is 10.2 Å². The Morgan fingerprint density at radius 1 is 0.680 bits per heavy atom. The molecule has 1 rings (SSSR count). The second-order valence-electron chi connectivity index (χ2n) is 7.62. The zero-order chi connectivity index (χ0) is 18.4. The average Bonchev–Trinajstić information content (AvgIpc) is 2.63. The predicted molar refractivity (Wildman–Crippen MR) is 113 cm³/mol. The largest absolute Gasteiger partial charge is 0.379 e. The summed E-state index contributed by atoms with van der Waals surface area (Å²) in [5.41, 5.74) is 0. The van der Waals surface area contributed by atoms with E-state index in [1.165, 1.54) is 96.4 Å². The van der Waals surface area contributed by atoms with Gasteiger partial charge in [0.1, 0.15) is 0 Å². The lowest BCUT2D eigenvalue weighted by Crippen LogP contribution is -2.32. The van der Waals surface area contributed by atoms with Crippen molar-refractivity contribution in [2.24, 2.45) is 0 Å². The Balaban J connectivity index is 0.000000676. The number of hydrogen-bond acceptors (Lipinski definition) is 3. The molecule has 0 aliphatic carbocycles. The SMILES string of the molecule is CCCCCCCCCCCCCCCCNC.CN1CCOCC1. The second kappa shape index (κ2) is 21.9. The Bertz CT molecular complexity index is 214. The van der Waals surface area contributed by atoms with Gasteiger partial charge in [-0.25, -0.2) is 0 Å². The molecule has 0 aromatic heterocycles. The summed E-state index contributed by atoms with van der Waals surface area (Å²) in [6.45, 7) is 7.50. The van der Waals surface area contributed by atoms with Gasteiger partial charge in [0.05, 0.1) is 13.2 Å². The summed E-state index contributed by atoms with van der Waals surface area (Å²) in [6, 6.07) is 0. The average molecular weight is 357 g/mol. The molecule has 1 fully saturated rings. The van der Waals surface area contributed by atoms with Crippen molar-refractivity contribution in [3.63, 3.8) is 0 Å². The normalized spacial score (nSPS) is 15.0. The van der Waals surface area contributed by atoms with E-state index in [4.69, 9.17) is 4.74 Å².